The average Bonchev–Trinajstić information content (AvgIpc) is 2.72. The first-order chi connectivity index (χ1) is 13.5. The van der Waals surface area contributed by atoms with Crippen molar-refractivity contribution >= 4 is 23.6 Å². The normalized spacial score (nSPS) is 10.7. The lowest BCUT2D eigenvalue weighted by atomic mass is 9.95. The van der Waals surface area contributed by atoms with Crippen LogP contribution in [0.5, 0.6) is 5.75 Å². The Morgan fingerprint density at radius 1 is 0.750 bits per heavy atom. The van der Waals surface area contributed by atoms with E-state index >= 15 is 0 Å². The van der Waals surface area contributed by atoms with Gasteiger partial charge in [-0.3, -0.25) is 9.59 Å². The quantitative estimate of drug-likeness (QED) is 0.499. The molecule has 0 unspecified atom stereocenters. The molecule has 3 aromatic carbocycles. The molecule has 3 aromatic rings. The summed E-state index contributed by atoms with van der Waals surface area (Å²) in [7, 11) is 0. The molecule has 0 saturated carbocycles. The summed E-state index contributed by atoms with van der Waals surface area (Å²) in [5, 5.41) is 19.1. The Hall–Kier alpha value is -3.99. The van der Waals surface area contributed by atoms with Crippen molar-refractivity contribution in [1.82, 2.24) is 0 Å². The van der Waals surface area contributed by atoms with Crippen LogP contribution in [0.4, 0.5) is 0 Å². The number of allylic oxidation sites excluding steroid dienone is 1. The SMILES string of the molecule is O=C(O)c1ccc(/C=C/C(=O)c2c(O)cccc2C(=O)c2ccccc2)cc1. The summed E-state index contributed by atoms with van der Waals surface area (Å²) in [5.41, 5.74) is 1.21. The number of phenols is 1. The number of carboxylic acids is 1. The number of benzene rings is 3. The highest BCUT2D eigenvalue weighted by atomic mass is 16.4. The summed E-state index contributed by atoms with van der Waals surface area (Å²) in [6.07, 6.45) is 2.74. The Morgan fingerprint density at radius 2 is 1.43 bits per heavy atom. The third-order valence-electron chi connectivity index (χ3n) is 4.15. The third-order valence-corrected chi connectivity index (χ3v) is 4.15. The Balaban J connectivity index is 1.91. The summed E-state index contributed by atoms with van der Waals surface area (Å²) in [5.74, 6) is -2.21. The topological polar surface area (TPSA) is 91.7 Å². The average molecular weight is 372 g/mol. The fourth-order valence-electron chi connectivity index (χ4n) is 2.73. The van der Waals surface area contributed by atoms with Crippen LogP contribution in [0.25, 0.3) is 6.08 Å². The van der Waals surface area contributed by atoms with Gasteiger partial charge in [-0.1, -0.05) is 60.7 Å². The van der Waals surface area contributed by atoms with Crippen LogP contribution in [0, 0.1) is 0 Å². The molecule has 3 rings (SSSR count). The lowest BCUT2D eigenvalue weighted by molar-refractivity contribution is 0.0696. The molecule has 5 nitrogen and oxygen atoms in total. The lowest BCUT2D eigenvalue weighted by Crippen LogP contribution is -2.09. The van der Waals surface area contributed by atoms with Crippen molar-refractivity contribution in [2.45, 2.75) is 0 Å². The van der Waals surface area contributed by atoms with Gasteiger partial charge in [-0.2, -0.15) is 0 Å². The molecule has 0 radical (unpaired) electrons. The molecule has 0 aromatic heterocycles. The molecule has 138 valence electrons. The Morgan fingerprint density at radius 3 is 2.07 bits per heavy atom. The van der Waals surface area contributed by atoms with Crippen molar-refractivity contribution < 1.29 is 24.6 Å². The number of aromatic carboxylic acids is 1. The molecule has 0 atom stereocenters. The van der Waals surface area contributed by atoms with E-state index < -0.39 is 11.8 Å². The van der Waals surface area contributed by atoms with Gasteiger partial charge in [0.2, 0.25) is 0 Å². The van der Waals surface area contributed by atoms with Crippen molar-refractivity contribution in [3.8, 4) is 5.75 Å². The van der Waals surface area contributed by atoms with Crippen LogP contribution in [0.2, 0.25) is 0 Å². The maximum absolute atomic E-state index is 12.8. The van der Waals surface area contributed by atoms with Gasteiger partial charge in [-0.25, -0.2) is 4.79 Å². The van der Waals surface area contributed by atoms with Gasteiger partial charge in [0, 0.05) is 11.1 Å². The molecular formula is C23H16O5. The van der Waals surface area contributed by atoms with Gasteiger partial charge in [0.15, 0.2) is 11.6 Å². The first-order valence-electron chi connectivity index (χ1n) is 8.45. The molecule has 0 saturated heterocycles. The third kappa shape index (κ3) is 4.04. The molecule has 0 fully saturated rings. The van der Waals surface area contributed by atoms with Crippen molar-refractivity contribution in [3.63, 3.8) is 0 Å². The van der Waals surface area contributed by atoms with Crippen LogP contribution < -0.4 is 0 Å². The van der Waals surface area contributed by atoms with Gasteiger partial charge in [-0.15, -0.1) is 0 Å². The van der Waals surface area contributed by atoms with Crippen molar-refractivity contribution in [2.75, 3.05) is 0 Å². The Bertz CT molecular complexity index is 1060. The second-order valence-corrected chi connectivity index (χ2v) is 6.02. The van der Waals surface area contributed by atoms with Gasteiger partial charge in [0.05, 0.1) is 11.1 Å². The van der Waals surface area contributed by atoms with Crippen LogP contribution in [-0.2, 0) is 0 Å². The second-order valence-electron chi connectivity index (χ2n) is 6.02. The Labute approximate surface area is 161 Å². The van der Waals surface area contributed by atoms with Crippen molar-refractivity contribution in [3.05, 3.63) is 107 Å². The van der Waals surface area contributed by atoms with E-state index in [2.05, 4.69) is 0 Å². The second kappa shape index (κ2) is 8.14. The molecular weight excluding hydrogens is 356 g/mol. The summed E-state index contributed by atoms with van der Waals surface area (Å²) < 4.78 is 0. The van der Waals surface area contributed by atoms with Gasteiger partial charge in [0.1, 0.15) is 5.75 Å². The molecule has 0 spiro atoms. The zero-order valence-electron chi connectivity index (χ0n) is 14.7. The largest absolute Gasteiger partial charge is 0.507 e. The highest BCUT2D eigenvalue weighted by Crippen LogP contribution is 2.25. The van der Waals surface area contributed by atoms with Crippen molar-refractivity contribution in [1.29, 1.82) is 0 Å². The van der Waals surface area contributed by atoms with Crippen LogP contribution in [0.3, 0.4) is 0 Å². The van der Waals surface area contributed by atoms with Gasteiger partial charge in [0.25, 0.3) is 0 Å². The number of phenolic OH excluding ortho intramolecular Hbond substituents is 1. The smallest absolute Gasteiger partial charge is 0.335 e. The number of ketones is 2. The van der Waals surface area contributed by atoms with Crippen LogP contribution in [0.1, 0.15) is 42.2 Å². The fraction of sp³-hybridized carbons (Fsp3) is 0. The van der Waals surface area contributed by atoms with E-state index in [1.54, 1.807) is 42.5 Å². The highest BCUT2D eigenvalue weighted by Gasteiger charge is 2.20. The van der Waals surface area contributed by atoms with E-state index in [-0.39, 0.29) is 28.2 Å². The number of rotatable bonds is 6. The van der Waals surface area contributed by atoms with Crippen LogP contribution in [-0.4, -0.2) is 27.7 Å². The molecule has 0 aliphatic heterocycles. The van der Waals surface area contributed by atoms with E-state index in [4.69, 9.17) is 5.11 Å². The predicted octanol–water partition coefficient (Wildman–Crippen LogP) is 4.22. The number of hydrogen-bond acceptors (Lipinski definition) is 4. The molecule has 28 heavy (non-hydrogen) atoms. The minimum atomic E-state index is -1.04. The predicted molar refractivity (Wildman–Crippen MR) is 105 cm³/mol. The zero-order chi connectivity index (χ0) is 20.1. The Kier molecular flexibility index (Phi) is 5.46. The van der Waals surface area contributed by atoms with Gasteiger partial charge in [-0.05, 0) is 29.8 Å². The van der Waals surface area contributed by atoms with E-state index in [1.165, 1.54) is 42.5 Å². The summed E-state index contributed by atoms with van der Waals surface area (Å²) >= 11 is 0. The maximum atomic E-state index is 12.8. The number of hydrogen-bond donors (Lipinski definition) is 2. The summed E-state index contributed by atoms with van der Waals surface area (Å²) in [4.78, 5) is 36.3. The highest BCUT2D eigenvalue weighted by molar-refractivity contribution is 6.19. The molecule has 0 amide bonds. The van der Waals surface area contributed by atoms with Crippen LogP contribution in [0.15, 0.2) is 78.9 Å². The summed E-state index contributed by atoms with van der Waals surface area (Å²) in [6.45, 7) is 0. The van der Waals surface area contributed by atoms with Gasteiger partial charge >= 0.3 is 5.97 Å². The molecule has 0 aliphatic carbocycles. The molecule has 0 bridgehead atoms. The van der Waals surface area contributed by atoms with E-state index in [0.717, 1.165) is 0 Å². The van der Waals surface area contributed by atoms with Gasteiger partial charge < -0.3 is 10.2 Å². The molecule has 0 aliphatic rings. The minimum absolute atomic E-state index is 0.0743. The van der Waals surface area contributed by atoms with E-state index in [0.29, 0.717) is 11.1 Å². The molecule has 2 N–H and O–H groups in total. The lowest BCUT2D eigenvalue weighted by Gasteiger charge is -2.08. The zero-order valence-corrected chi connectivity index (χ0v) is 14.7. The first-order valence-corrected chi connectivity index (χ1v) is 8.45. The first kappa shape index (κ1) is 18.8. The molecule has 0 heterocycles. The maximum Gasteiger partial charge on any atom is 0.335 e. The number of carbonyl (C=O) groups excluding carboxylic acids is 2. The van der Waals surface area contributed by atoms with E-state index in [9.17, 15) is 19.5 Å². The monoisotopic (exact) mass is 372 g/mol. The summed E-state index contributed by atoms with van der Waals surface area (Å²) in [6, 6.07) is 18.8. The van der Waals surface area contributed by atoms with Crippen molar-refractivity contribution in [2.24, 2.45) is 0 Å². The number of carbonyl (C=O) groups is 3. The number of carboxylic acid groups (broad SMARTS) is 1. The minimum Gasteiger partial charge on any atom is -0.507 e. The number of aromatic hydroxyl groups is 1. The standard InChI is InChI=1S/C23H16O5/c24-19-8-4-7-18(22(26)16-5-2-1-3-6-16)21(19)20(25)14-11-15-9-12-17(13-10-15)23(27)28/h1-14,24H,(H,27,28)/b14-11+. The van der Waals surface area contributed by atoms with E-state index in [1.807, 2.05) is 0 Å². The fourth-order valence-corrected chi connectivity index (χ4v) is 2.73. The van der Waals surface area contributed by atoms with Crippen LogP contribution >= 0.6 is 0 Å². The molecule has 5 heteroatoms.